The van der Waals surface area contributed by atoms with Gasteiger partial charge < -0.3 is 4.90 Å². The number of aromatic nitrogens is 4. The molecule has 0 saturated carbocycles. The number of thioether (sulfide) groups is 1. The first-order chi connectivity index (χ1) is 12.6. The molecule has 1 atom stereocenters. The van der Waals surface area contributed by atoms with Crippen LogP contribution < -0.4 is 4.90 Å². The Hall–Kier alpha value is -2.67. The molecule has 6 nitrogen and oxygen atoms in total. The highest BCUT2D eigenvalue weighted by atomic mass is 32.2. The molecular formula is C19H19N5OS. The van der Waals surface area contributed by atoms with E-state index < -0.39 is 0 Å². The Balaban J connectivity index is 1.55. The molecule has 0 fully saturated rings. The molecule has 0 spiro atoms. The van der Waals surface area contributed by atoms with Crippen LogP contribution in [0.4, 0.5) is 5.69 Å². The predicted octanol–water partition coefficient (Wildman–Crippen LogP) is 3.04. The van der Waals surface area contributed by atoms with Gasteiger partial charge in [0.05, 0.1) is 10.9 Å². The maximum Gasteiger partial charge on any atom is 0.240 e. The van der Waals surface area contributed by atoms with Crippen LogP contribution in [0.2, 0.25) is 0 Å². The lowest BCUT2D eigenvalue weighted by Crippen LogP contribution is -2.35. The molecule has 0 saturated heterocycles. The van der Waals surface area contributed by atoms with Crippen molar-refractivity contribution in [3.8, 4) is 5.69 Å². The summed E-state index contributed by atoms with van der Waals surface area (Å²) >= 11 is 1.39. The Kier molecular flexibility index (Phi) is 4.46. The first-order valence-electron chi connectivity index (χ1n) is 8.55. The Labute approximate surface area is 156 Å². The van der Waals surface area contributed by atoms with Crippen molar-refractivity contribution in [1.29, 1.82) is 0 Å². The highest BCUT2D eigenvalue weighted by molar-refractivity contribution is 8.00. The number of aryl methyl sites for hydroxylation is 1. The third-order valence-electron chi connectivity index (χ3n) is 4.57. The molecule has 1 aromatic heterocycles. The van der Waals surface area contributed by atoms with Crippen molar-refractivity contribution < 1.29 is 4.79 Å². The molecule has 2 aromatic carbocycles. The third-order valence-corrected chi connectivity index (χ3v) is 5.59. The van der Waals surface area contributed by atoms with Gasteiger partial charge in [0, 0.05) is 12.2 Å². The molecule has 1 aliphatic rings. The molecule has 1 unspecified atom stereocenters. The summed E-state index contributed by atoms with van der Waals surface area (Å²) < 4.78 is 1.70. The summed E-state index contributed by atoms with van der Waals surface area (Å²) in [6, 6.07) is 16.0. The molecule has 7 heteroatoms. The molecule has 0 radical (unpaired) electrons. The van der Waals surface area contributed by atoms with Gasteiger partial charge in [0.1, 0.15) is 0 Å². The minimum Gasteiger partial charge on any atom is -0.311 e. The van der Waals surface area contributed by atoms with Crippen molar-refractivity contribution in [3.63, 3.8) is 0 Å². The van der Waals surface area contributed by atoms with Gasteiger partial charge in [-0.1, -0.05) is 48.2 Å². The molecule has 0 N–H and O–H groups in total. The fraction of sp³-hybridized carbons (Fsp3) is 0.263. The number of carbonyl (C=O) groups is 1. The van der Waals surface area contributed by atoms with Crippen molar-refractivity contribution >= 4 is 23.4 Å². The van der Waals surface area contributed by atoms with Crippen LogP contribution in [0.3, 0.4) is 0 Å². The summed E-state index contributed by atoms with van der Waals surface area (Å²) in [4.78, 5) is 14.8. The van der Waals surface area contributed by atoms with Gasteiger partial charge in [0.25, 0.3) is 0 Å². The summed E-state index contributed by atoms with van der Waals surface area (Å²) in [5.41, 5.74) is 4.24. The number of fused-ring (bicyclic) bond motifs is 1. The van der Waals surface area contributed by atoms with Gasteiger partial charge in [-0.15, -0.1) is 5.10 Å². The number of nitrogens with zero attached hydrogens (tertiary/aromatic N) is 5. The topological polar surface area (TPSA) is 63.9 Å². The van der Waals surface area contributed by atoms with Crippen molar-refractivity contribution in [1.82, 2.24) is 20.2 Å². The summed E-state index contributed by atoms with van der Waals surface area (Å²) in [6.07, 6.45) is 0.903. The van der Waals surface area contributed by atoms with Crippen LogP contribution in [0.25, 0.3) is 5.69 Å². The lowest BCUT2D eigenvalue weighted by Gasteiger charge is -2.21. The maximum atomic E-state index is 13.0. The van der Waals surface area contributed by atoms with Crippen molar-refractivity contribution in [2.45, 2.75) is 30.7 Å². The average molecular weight is 365 g/mol. The highest BCUT2D eigenvalue weighted by Crippen LogP contribution is 2.31. The van der Waals surface area contributed by atoms with Gasteiger partial charge in [-0.2, -0.15) is 4.68 Å². The van der Waals surface area contributed by atoms with Crippen LogP contribution in [-0.2, 0) is 11.2 Å². The Morgan fingerprint density at radius 3 is 2.65 bits per heavy atom. The zero-order valence-electron chi connectivity index (χ0n) is 14.7. The number of anilines is 1. The molecule has 4 rings (SSSR count). The first-order valence-corrected chi connectivity index (χ1v) is 9.43. The number of hydrogen-bond acceptors (Lipinski definition) is 5. The Morgan fingerprint density at radius 1 is 1.12 bits per heavy atom. The third kappa shape index (κ3) is 2.99. The van der Waals surface area contributed by atoms with E-state index in [0.717, 1.165) is 29.9 Å². The van der Waals surface area contributed by atoms with Gasteiger partial charge in [0.2, 0.25) is 11.1 Å². The van der Waals surface area contributed by atoms with Crippen LogP contribution in [0.5, 0.6) is 0 Å². The molecular weight excluding hydrogens is 346 g/mol. The van der Waals surface area contributed by atoms with E-state index in [-0.39, 0.29) is 11.2 Å². The van der Waals surface area contributed by atoms with Gasteiger partial charge in [-0.25, -0.2) is 0 Å². The summed E-state index contributed by atoms with van der Waals surface area (Å²) in [6.45, 7) is 4.65. The monoisotopic (exact) mass is 365 g/mol. The Morgan fingerprint density at radius 2 is 1.85 bits per heavy atom. The van der Waals surface area contributed by atoms with Crippen LogP contribution in [0.1, 0.15) is 18.1 Å². The molecule has 1 amide bonds. The summed E-state index contributed by atoms with van der Waals surface area (Å²) in [5, 5.41) is 12.4. The zero-order chi connectivity index (χ0) is 18.1. The molecule has 0 bridgehead atoms. The van der Waals surface area contributed by atoms with Crippen LogP contribution >= 0.6 is 11.8 Å². The normalized spacial score (nSPS) is 14.3. The number of benzene rings is 2. The molecule has 132 valence electrons. The first kappa shape index (κ1) is 16.8. The van der Waals surface area contributed by atoms with E-state index in [1.807, 2.05) is 61.2 Å². The smallest absolute Gasteiger partial charge is 0.240 e. The highest BCUT2D eigenvalue weighted by Gasteiger charge is 2.29. The quantitative estimate of drug-likeness (QED) is 0.665. The Bertz CT molecular complexity index is 954. The van der Waals surface area contributed by atoms with E-state index >= 15 is 0 Å². The van der Waals surface area contributed by atoms with Crippen LogP contribution in [0, 0.1) is 6.92 Å². The van der Waals surface area contributed by atoms with Crippen LogP contribution in [0.15, 0.2) is 53.7 Å². The molecule has 0 aliphatic carbocycles. The number of hydrogen-bond donors (Lipinski definition) is 0. The second kappa shape index (κ2) is 6.92. The van der Waals surface area contributed by atoms with Crippen molar-refractivity contribution in [2.75, 3.05) is 11.4 Å². The number of para-hydroxylation sites is 2. The lowest BCUT2D eigenvalue weighted by atomic mass is 10.2. The number of tetrazole rings is 1. The van der Waals surface area contributed by atoms with Crippen molar-refractivity contribution in [2.24, 2.45) is 0 Å². The summed E-state index contributed by atoms with van der Waals surface area (Å²) in [7, 11) is 0. The fourth-order valence-electron chi connectivity index (χ4n) is 3.20. The zero-order valence-corrected chi connectivity index (χ0v) is 15.5. The second-order valence-electron chi connectivity index (χ2n) is 6.29. The number of rotatable bonds is 4. The van der Waals surface area contributed by atoms with E-state index in [1.165, 1.54) is 17.3 Å². The van der Waals surface area contributed by atoms with Gasteiger partial charge >= 0.3 is 0 Å². The second-order valence-corrected chi connectivity index (χ2v) is 7.60. The predicted molar refractivity (Wildman–Crippen MR) is 102 cm³/mol. The number of carbonyl (C=O) groups excluding carboxylic acids is 1. The van der Waals surface area contributed by atoms with Gasteiger partial charge in [-0.05, 0) is 54.0 Å². The van der Waals surface area contributed by atoms with Gasteiger partial charge in [0.15, 0.2) is 0 Å². The van der Waals surface area contributed by atoms with Crippen molar-refractivity contribution in [3.05, 3.63) is 59.7 Å². The molecule has 2 heterocycles. The lowest BCUT2D eigenvalue weighted by molar-refractivity contribution is -0.117. The standard InChI is InChI=1S/C19H19N5OS/c1-13-7-3-5-9-16(13)24-19(20-21-22-24)26-14(2)18(25)23-12-11-15-8-4-6-10-17(15)23/h3-10,14H,11-12H2,1-2H3. The SMILES string of the molecule is Cc1ccccc1-n1nnnc1SC(C)C(=O)N1CCc2ccccc21. The van der Waals surface area contributed by atoms with E-state index in [0.29, 0.717) is 5.16 Å². The average Bonchev–Trinajstić information content (AvgIpc) is 3.28. The minimum atomic E-state index is -0.282. The number of amides is 1. The summed E-state index contributed by atoms with van der Waals surface area (Å²) in [5.74, 6) is 0.0827. The fourth-order valence-corrected chi connectivity index (χ4v) is 4.06. The largest absolute Gasteiger partial charge is 0.311 e. The molecule has 3 aromatic rings. The van der Waals surface area contributed by atoms with E-state index in [1.54, 1.807) is 4.68 Å². The minimum absolute atomic E-state index is 0.0827. The van der Waals surface area contributed by atoms with Gasteiger partial charge in [-0.3, -0.25) is 4.79 Å². The van der Waals surface area contributed by atoms with E-state index in [9.17, 15) is 4.79 Å². The maximum absolute atomic E-state index is 13.0. The van der Waals surface area contributed by atoms with Crippen LogP contribution in [-0.4, -0.2) is 37.9 Å². The molecule has 26 heavy (non-hydrogen) atoms. The molecule has 1 aliphatic heterocycles. The van der Waals surface area contributed by atoms with E-state index in [2.05, 4.69) is 21.6 Å². The van der Waals surface area contributed by atoms with E-state index in [4.69, 9.17) is 0 Å².